The second-order valence-electron chi connectivity index (χ2n) is 5.80. The van der Waals surface area contributed by atoms with Gasteiger partial charge in [0.25, 0.3) is 0 Å². The molecule has 2 aromatic carbocycles. The lowest BCUT2D eigenvalue weighted by Gasteiger charge is -2.22. The Balaban J connectivity index is 2.26. The van der Waals surface area contributed by atoms with Crippen molar-refractivity contribution in [3.8, 4) is 0 Å². The summed E-state index contributed by atoms with van der Waals surface area (Å²) in [6.07, 6.45) is 0. The minimum Gasteiger partial charge on any atom is -0.345 e. The van der Waals surface area contributed by atoms with Gasteiger partial charge in [0.1, 0.15) is 0 Å². The Hall–Kier alpha value is -1.80. The Morgan fingerprint density at radius 2 is 1.57 bits per heavy atom. The van der Waals surface area contributed by atoms with Crippen LogP contribution >= 0.6 is 0 Å². The molecule has 0 aliphatic carbocycles. The summed E-state index contributed by atoms with van der Waals surface area (Å²) in [7, 11) is 2.13. The average molecular weight is 282 g/mol. The normalized spacial score (nSPS) is 10.7. The predicted molar refractivity (Wildman–Crippen MR) is 92.5 cm³/mol. The van der Waals surface area contributed by atoms with Crippen LogP contribution in [0.25, 0.3) is 0 Å². The van der Waals surface area contributed by atoms with Gasteiger partial charge in [0.05, 0.1) is 0 Å². The van der Waals surface area contributed by atoms with Gasteiger partial charge < -0.3 is 10.2 Å². The molecule has 0 radical (unpaired) electrons. The van der Waals surface area contributed by atoms with Gasteiger partial charge in [0.2, 0.25) is 0 Å². The zero-order valence-corrected chi connectivity index (χ0v) is 13.8. The van der Waals surface area contributed by atoms with Crippen molar-refractivity contribution >= 4 is 11.4 Å². The number of aryl methyl sites for hydroxylation is 3. The molecular weight excluding hydrogens is 256 g/mol. The summed E-state index contributed by atoms with van der Waals surface area (Å²) in [5.41, 5.74) is 7.79. The van der Waals surface area contributed by atoms with E-state index in [2.05, 4.69) is 81.4 Å². The highest BCUT2D eigenvalue weighted by molar-refractivity contribution is 5.65. The Kier molecular flexibility index (Phi) is 5.03. The fraction of sp³-hybridized carbons (Fsp3) is 0.368. The van der Waals surface area contributed by atoms with Crippen molar-refractivity contribution in [2.45, 2.75) is 34.2 Å². The fourth-order valence-corrected chi connectivity index (χ4v) is 2.64. The molecule has 2 aromatic rings. The van der Waals surface area contributed by atoms with E-state index in [4.69, 9.17) is 0 Å². The molecule has 0 saturated heterocycles. The van der Waals surface area contributed by atoms with Crippen molar-refractivity contribution in [3.05, 3.63) is 58.7 Å². The lowest BCUT2D eigenvalue weighted by molar-refractivity contribution is 0.723. The van der Waals surface area contributed by atoms with E-state index in [-0.39, 0.29) is 0 Å². The molecule has 21 heavy (non-hydrogen) atoms. The van der Waals surface area contributed by atoms with Gasteiger partial charge in [-0.3, -0.25) is 0 Å². The van der Waals surface area contributed by atoms with E-state index < -0.39 is 0 Å². The highest BCUT2D eigenvalue weighted by atomic mass is 15.1. The first-order chi connectivity index (χ1) is 10.0. The Labute approximate surface area is 128 Å². The molecule has 0 aliphatic rings. The Morgan fingerprint density at radius 1 is 0.905 bits per heavy atom. The van der Waals surface area contributed by atoms with Crippen LogP contribution in [0.3, 0.4) is 0 Å². The largest absolute Gasteiger partial charge is 0.345 e. The van der Waals surface area contributed by atoms with Gasteiger partial charge in [-0.2, -0.15) is 0 Å². The van der Waals surface area contributed by atoms with Crippen molar-refractivity contribution in [2.24, 2.45) is 0 Å². The number of benzene rings is 2. The molecule has 0 heterocycles. The third-order valence-corrected chi connectivity index (χ3v) is 3.87. The van der Waals surface area contributed by atoms with E-state index >= 15 is 0 Å². The summed E-state index contributed by atoms with van der Waals surface area (Å²) in [6.45, 7) is 10.6. The standard InChI is InChI=1S/C19H26N2/c1-6-20-13-17-7-8-18(12-16(17)4)21(5)19-10-14(2)9-15(3)11-19/h7-12,20H,6,13H2,1-5H3. The van der Waals surface area contributed by atoms with Crippen LogP contribution in [0.2, 0.25) is 0 Å². The molecule has 0 unspecified atom stereocenters. The van der Waals surface area contributed by atoms with Crippen LogP contribution in [0.1, 0.15) is 29.2 Å². The van der Waals surface area contributed by atoms with E-state index in [0.717, 1.165) is 13.1 Å². The summed E-state index contributed by atoms with van der Waals surface area (Å²) < 4.78 is 0. The van der Waals surface area contributed by atoms with Crippen LogP contribution in [-0.2, 0) is 6.54 Å². The van der Waals surface area contributed by atoms with Gasteiger partial charge in [-0.1, -0.05) is 19.1 Å². The Bertz CT molecular complexity index is 597. The molecule has 0 spiro atoms. The number of nitrogens with zero attached hydrogens (tertiary/aromatic N) is 1. The molecule has 0 saturated carbocycles. The molecule has 0 bridgehead atoms. The second-order valence-corrected chi connectivity index (χ2v) is 5.80. The summed E-state index contributed by atoms with van der Waals surface area (Å²) in [6, 6.07) is 13.4. The fourth-order valence-electron chi connectivity index (χ4n) is 2.64. The van der Waals surface area contributed by atoms with Crippen molar-refractivity contribution in [2.75, 3.05) is 18.5 Å². The smallest absolute Gasteiger partial charge is 0.0413 e. The second kappa shape index (κ2) is 6.77. The van der Waals surface area contributed by atoms with Crippen LogP contribution in [0.15, 0.2) is 36.4 Å². The zero-order chi connectivity index (χ0) is 15.4. The van der Waals surface area contributed by atoms with Crippen LogP contribution in [-0.4, -0.2) is 13.6 Å². The molecule has 0 aromatic heterocycles. The molecule has 0 amide bonds. The molecule has 0 fully saturated rings. The lowest BCUT2D eigenvalue weighted by Crippen LogP contribution is -2.14. The number of hydrogen-bond donors (Lipinski definition) is 1. The SMILES string of the molecule is CCNCc1ccc(N(C)c2cc(C)cc(C)c2)cc1C. The van der Waals surface area contributed by atoms with Gasteiger partial charge >= 0.3 is 0 Å². The van der Waals surface area contributed by atoms with E-state index in [0.29, 0.717) is 0 Å². The van der Waals surface area contributed by atoms with Crippen LogP contribution in [0.5, 0.6) is 0 Å². The summed E-state index contributed by atoms with van der Waals surface area (Å²) in [5.74, 6) is 0. The number of anilines is 2. The third kappa shape index (κ3) is 3.85. The maximum Gasteiger partial charge on any atom is 0.0413 e. The summed E-state index contributed by atoms with van der Waals surface area (Å²) in [4.78, 5) is 2.25. The van der Waals surface area contributed by atoms with Crippen molar-refractivity contribution in [3.63, 3.8) is 0 Å². The van der Waals surface area contributed by atoms with Crippen LogP contribution in [0, 0.1) is 20.8 Å². The first kappa shape index (κ1) is 15.6. The van der Waals surface area contributed by atoms with E-state index in [9.17, 15) is 0 Å². The molecular formula is C19H26N2. The minimum atomic E-state index is 0.940. The first-order valence-electron chi connectivity index (χ1n) is 7.63. The van der Waals surface area contributed by atoms with E-state index in [1.165, 1.54) is 33.6 Å². The van der Waals surface area contributed by atoms with Gasteiger partial charge in [-0.15, -0.1) is 0 Å². The van der Waals surface area contributed by atoms with Crippen LogP contribution < -0.4 is 10.2 Å². The average Bonchev–Trinajstić information content (AvgIpc) is 2.44. The third-order valence-electron chi connectivity index (χ3n) is 3.87. The highest BCUT2D eigenvalue weighted by Gasteiger charge is 2.07. The summed E-state index contributed by atoms with van der Waals surface area (Å²) in [5, 5.41) is 3.39. The number of rotatable bonds is 5. The van der Waals surface area contributed by atoms with Gasteiger partial charge in [-0.05, 0) is 73.8 Å². The van der Waals surface area contributed by atoms with Gasteiger partial charge in [-0.25, -0.2) is 0 Å². The maximum atomic E-state index is 3.39. The topological polar surface area (TPSA) is 15.3 Å². The van der Waals surface area contributed by atoms with E-state index in [1.54, 1.807) is 0 Å². The van der Waals surface area contributed by atoms with Crippen molar-refractivity contribution < 1.29 is 0 Å². The monoisotopic (exact) mass is 282 g/mol. The predicted octanol–water partition coefficient (Wildman–Crippen LogP) is 4.49. The molecule has 2 rings (SSSR count). The molecule has 2 nitrogen and oxygen atoms in total. The molecule has 112 valence electrons. The Morgan fingerprint density at radius 3 is 2.14 bits per heavy atom. The molecule has 2 heteroatoms. The van der Waals surface area contributed by atoms with Crippen molar-refractivity contribution in [1.82, 2.24) is 5.32 Å². The highest BCUT2D eigenvalue weighted by Crippen LogP contribution is 2.27. The molecule has 1 N–H and O–H groups in total. The number of nitrogens with one attached hydrogen (secondary N) is 1. The minimum absolute atomic E-state index is 0.940. The zero-order valence-electron chi connectivity index (χ0n) is 13.8. The lowest BCUT2D eigenvalue weighted by atomic mass is 10.1. The van der Waals surface area contributed by atoms with Crippen LogP contribution in [0.4, 0.5) is 11.4 Å². The first-order valence-corrected chi connectivity index (χ1v) is 7.63. The maximum absolute atomic E-state index is 3.39. The number of hydrogen-bond acceptors (Lipinski definition) is 2. The van der Waals surface area contributed by atoms with Gasteiger partial charge in [0.15, 0.2) is 0 Å². The molecule has 0 atom stereocenters. The summed E-state index contributed by atoms with van der Waals surface area (Å²) >= 11 is 0. The van der Waals surface area contributed by atoms with Crippen molar-refractivity contribution in [1.29, 1.82) is 0 Å². The van der Waals surface area contributed by atoms with Gasteiger partial charge in [0, 0.05) is 25.0 Å². The molecule has 0 aliphatic heterocycles. The van der Waals surface area contributed by atoms with E-state index in [1.807, 2.05) is 0 Å². The quantitative estimate of drug-likeness (QED) is 0.869.